The lowest BCUT2D eigenvalue weighted by molar-refractivity contribution is -0.156. The van der Waals surface area contributed by atoms with Crippen LogP contribution in [0.2, 0.25) is 0 Å². The van der Waals surface area contributed by atoms with Crippen molar-refractivity contribution in [3.05, 3.63) is 34.1 Å². The van der Waals surface area contributed by atoms with Crippen molar-refractivity contribution in [3.8, 4) is 0 Å². The Morgan fingerprint density at radius 3 is 2.69 bits per heavy atom. The van der Waals surface area contributed by atoms with E-state index in [-0.39, 0.29) is 10.0 Å². The number of aliphatic hydroxyl groups is 2. The zero-order chi connectivity index (χ0) is 12.3. The second kappa shape index (κ2) is 5.38. The largest absolute Gasteiger partial charge is 0.467 e. The number of carbonyl (C=O) groups is 1. The molecule has 1 aromatic rings. The summed E-state index contributed by atoms with van der Waals surface area (Å²) in [5.74, 6) is -1.75. The van der Waals surface area contributed by atoms with E-state index < -0.39 is 24.0 Å². The van der Waals surface area contributed by atoms with E-state index in [0.29, 0.717) is 0 Å². The van der Waals surface area contributed by atoms with Crippen LogP contribution in [0, 0.1) is 5.82 Å². The van der Waals surface area contributed by atoms with Crippen LogP contribution in [-0.2, 0) is 9.53 Å². The van der Waals surface area contributed by atoms with E-state index in [9.17, 15) is 19.4 Å². The van der Waals surface area contributed by atoms with Crippen molar-refractivity contribution in [1.82, 2.24) is 0 Å². The molecule has 0 saturated carbocycles. The SMILES string of the molecule is COC(=O)C(O)C(O)c1cccc(Br)c1F. The molecule has 2 unspecified atom stereocenters. The van der Waals surface area contributed by atoms with Crippen LogP contribution in [0.5, 0.6) is 0 Å². The molecule has 16 heavy (non-hydrogen) atoms. The Hall–Kier alpha value is -0.980. The third kappa shape index (κ3) is 2.58. The summed E-state index contributed by atoms with van der Waals surface area (Å²) in [6.45, 7) is 0. The first-order chi connectivity index (χ1) is 7.49. The summed E-state index contributed by atoms with van der Waals surface area (Å²) in [6, 6.07) is 4.20. The molecule has 0 saturated heterocycles. The average molecular weight is 293 g/mol. The quantitative estimate of drug-likeness (QED) is 0.821. The maximum atomic E-state index is 13.5. The first-order valence-electron chi connectivity index (χ1n) is 4.37. The maximum absolute atomic E-state index is 13.5. The number of methoxy groups -OCH3 is 1. The number of rotatable bonds is 3. The van der Waals surface area contributed by atoms with Crippen molar-refractivity contribution in [2.75, 3.05) is 7.11 Å². The molecule has 0 amide bonds. The predicted octanol–water partition coefficient (Wildman–Crippen LogP) is 1.16. The van der Waals surface area contributed by atoms with Gasteiger partial charge in [-0.1, -0.05) is 12.1 Å². The molecular weight excluding hydrogens is 283 g/mol. The second-order valence-corrected chi connectivity index (χ2v) is 3.91. The van der Waals surface area contributed by atoms with Crippen molar-refractivity contribution < 1.29 is 24.1 Å². The third-order valence-electron chi connectivity index (χ3n) is 2.04. The van der Waals surface area contributed by atoms with Crippen LogP contribution in [0.4, 0.5) is 4.39 Å². The molecule has 0 aromatic heterocycles. The van der Waals surface area contributed by atoms with Crippen molar-refractivity contribution in [1.29, 1.82) is 0 Å². The molecule has 0 bridgehead atoms. The fraction of sp³-hybridized carbons (Fsp3) is 0.300. The Labute approximate surface area is 99.8 Å². The molecule has 0 aliphatic carbocycles. The van der Waals surface area contributed by atoms with Gasteiger partial charge in [-0.3, -0.25) is 0 Å². The van der Waals surface area contributed by atoms with Gasteiger partial charge in [-0.2, -0.15) is 0 Å². The molecule has 0 radical (unpaired) electrons. The Bertz CT molecular complexity index is 396. The Morgan fingerprint density at radius 1 is 1.50 bits per heavy atom. The number of ether oxygens (including phenoxy) is 1. The molecular formula is C10H10BrFO4. The molecule has 0 heterocycles. The Balaban J connectivity index is 3.00. The van der Waals surface area contributed by atoms with Gasteiger partial charge in [0.1, 0.15) is 11.9 Å². The monoisotopic (exact) mass is 292 g/mol. The van der Waals surface area contributed by atoms with E-state index >= 15 is 0 Å². The smallest absolute Gasteiger partial charge is 0.337 e. The predicted molar refractivity (Wildman–Crippen MR) is 57.1 cm³/mol. The molecule has 4 nitrogen and oxygen atoms in total. The molecule has 0 aliphatic heterocycles. The summed E-state index contributed by atoms with van der Waals surface area (Å²) in [5.41, 5.74) is -0.174. The van der Waals surface area contributed by atoms with Crippen molar-refractivity contribution in [2.24, 2.45) is 0 Å². The lowest BCUT2D eigenvalue weighted by atomic mass is 10.0. The van der Waals surface area contributed by atoms with Crippen molar-refractivity contribution in [2.45, 2.75) is 12.2 Å². The minimum atomic E-state index is -1.81. The van der Waals surface area contributed by atoms with Gasteiger partial charge in [-0.25, -0.2) is 9.18 Å². The number of halogens is 2. The zero-order valence-corrected chi connectivity index (χ0v) is 9.94. The van der Waals surface area contributed by atoms with E-state index in [2.05, 4.69) is 20.7 Å². The van der Waals surface area contributed by atoms with Crippen LogP contribution in [-0.4, -0.2) is 29.4 Å². The molecule has 0 aliphatic rings. The van der Waals surface area contributed by atoms with Crippen LogP contribution in [0.3, 0.4) is 0 Å². The Morgan fingerprint density at radius 2 is 2.12 bits per heavy atom. The summed E-state index contributed by atoms with van der Waals surface area (Å²) in [4.78, 5) is 11.0. The number of carbonyl (C=O) groups excluding carboxylic acids is 1. The first-order valence-corrected chi connectivity index (χ1v) is 5.16. The maximum Gasteiger partial charge on any atom is 0.337 e. The normalized spacial score (nSPS) is 14.3. The third-order valence-corrected chi connectivity index (χ3v) is 2.65. The molecule has 0 spiro atoms. The summed E-state index contributed by atoms with van der Waals surface area (Å²) in [7, 11) is 1.07. The van der Waals surface area contributed by atoms with E-state index in [4.69, 9.17) is 0 Å². The topological polar surface area (TPSA) is 66.8 Å². The highest BCUT2D eigenvalue weighted by atomic mass is 79.9. The van der Waals surface area contributed by atoms with Crippen LogP contribution in [0.15, 0.2) is 22.7 Å². The molecule has 1 rings (SSSR count). The Kier molecular flexibility index (Phi) is 4.40. The number of esters is 1. The highest BCUT2D eigenvalue weighted by Crippen LogP contribution is 2.25. The fourth-order valence-electron chi connectivity index (χ4n) is 1.17. The molecule has 2 N–H and O–H groups in total. The highest BCUT2D eigenvalue weighted by molar-refractivity contribution is 9.10. The summed E-state index contributed by atoms with van der Waals surface area (Å²) in [6.07, 6.45) is -3.47. The van der Waals surface area contributed by atoms with Crippen LogP contribution >= 0.6 is 15.9 Å². The average Bonchev–Trinajstić information content (AvgIpc) is 2.29. The lowest BCUT2D eigenvalue weighted by Crippen LogP contribution is -2.29. The zero-order valence-electron chi connectivity index (χ0n) is 8.35. The second-order valence-electron chi connectivity index (χ2n) is 3.06. The molecule has 0 fully saturated rings. The first kappa shape index (κ1) is 13.1. The summed E-state index contributed by atoms with van der Waals surface area (Å²) >= 11 is 2.93. The van der Waals surface area contributed by atoms with Crippen molar-refractivity contribution >= 4 is 21.9 Å². The van der Waals surface area contributed by atoms with Gasteiger partial charge in [0.2, 0.25) is 0 Å². The molecule has 2 atom stereocenters. The van der Waals surface area contributed by atoms with Crippen LogP contribution < -0.4 is 0 Å². The lowest BCUT2D eigenvalue weighted by Gasteiger charge is -2.16. The summed E-state index contributed by atoms with van der Waals surface area (Å²) < 4.78 is 17.9. The van der Waals surface area contributed by atoms with Gasteiger partial charge in [0, 0.05) is 5.56 Å². The minimum Gasteiger partial charge on any atom is -0.467 e. The van der Waals surface area contributed by atoms with Gasteiger partial charge in [0.05, 0.1) is 11.6 Å². The van der Waals surface area contributed by atoms with Gasteiger partial charge in [0.15, 0.2) is 6.10 Å². The van der Waals surface area contributed by atoms with Crippen LogP contribution in [0.25, 0.3) is 0 Å². The van der Waals surface area contributed by atoms with Gasteiger partial charge in [0.25, 0.3) is 0 Å². The van der Waals surface area contributed by atoms with E-state index in [1.807, 2.05) is 0 Å². The van der Waals surface area contributed by atoms with Gasteiger partial charge >= 0.3 is 5.97 Å². The van der Waals surface area contributed by atoms with Gasteiger partial charge < -0.3 is 14.9 Å². The summed E-state index contributed by atoms with van der Waals surface area (Å²) in [5, 5.41) is 18.9. The van der Waals surface area contributed by atoms with E-state index in [0.717, 1.165) is 7.11 Å². The van der Waals surface area contributed by atoms with Gasteiger partial charge in [-0.15, -0.1) is 0 Å². The van der Waals surface area contributed by atoms with Crippen LogP contribution in [0.1, 0.15) is 11.7 Å². The molecule has 88 valence electrons. The fourth-order valence-corrected chi connectivity index (χ4v) is 1.55. The minimum absolute atomic E-state index is 0.140. The number of benzene rings is 1. The van der Waals surface area contributed by atoms with Crippen molar-refractivity contribution in [3.63, 3.8) is 0 Å². The number of aliphatic hydroxyl groups excluding tert-OH is 2. The standard InChI is InChI=1S/C10H10BrFO4/c1-16-10(15)9(14)8(13)5-3-2-4-6(11)7(5)12/h2-4,8-9,13-14H,1H3. The number of hydrogen-bond acceptors (Lipinski definition) is 4. The van der Waals surface area contributed by atoms with Gasteiger partial charge in [-0.05, 0) is 22.0 Å². The highest BCUT2D eigenvalue weighted by Gasteiger charge is 2.28. The number of hydrogen-bond donors (Lipinski definition) is 2. The van der Waals surface area contributed by atoms with E-state index in [1.54, 1.807) is 0 Å². The van der Waals surface area contributed by atoms with E-state index in [1.165, 1.54) is 18.2 Å². The molecule has 1 aromatic carbocycles. The molecule has 6 heteroatoms.